The van der Waals surface area contributed by atoms with Crippen LogP contribution in [-0.2, 0) is 13.0 Å². The maximum atomic E-state index is 9.30. The number of anilines is 1. The van der Waals surface area contributed by atoms with Gasteiger partial charge in [0, 0.05) is 36.0 Å². The lowest BCUT2D eigenvalue weighted by Gasteiger charge is -2.31. The van der Waals surface area contributed by atoms with Crippen LogP contribution in [0.25, 0.3) is 0 Å². The van der Waals surface area contributed by atoms with Crippen molar-refractivity contribution >= 4 is 16.3 Å². The molecule has 3 nitrogen and oxygen atoms in total. The SMILES string of the molecule is CC1CN(CCc2ccccc2)Cc2c1sc(N)c2C#N. The first-order valence-electron chi connectivity index (χ1n) is 7.26. The Bertz CT molecular complexity index is 669. The van der Waals surface area contributed by atoms with E-state index in [0.717, 1.165) is 31.6 Å². The van der Waals surface area contributed by atoms with Gasteiger partial charge in [0.2, 0.25) is 0 Å². The van der Waals surface area contributed by atoms with Gasteiger partial charge in [0.15, 0.2) is 0 Å². The van der Waals surface area contributed by atoms with Crippen LogP contribution in [0.5, 0.6) is 0 Å². The monoisotopic (exact) mass is 297 g/mol. The van der Waals surface area contributed by atoms with Crippen LogP contribution in [0.3, 0.4) is 0 Å². The molecule has 1 aromatic heterocycles. The van der Waals surface area contributed by atoms with Gasteiger partial charge in [-0.05, 0) is 12.0 Å². The standard InChI is InChI=1S/C17H19N3S/c1-12-10-20(8-7-13-5-3-2-4-6-13)11-15-14(9-18)17(19)21-16(12)15/h2-6,12H,7-8,10-11,19H2,1H3. The molecule has 108 valence electrons. The van der Waals surface area contributed by atoms with E-state index in [1.165, 1.54) is 10.4 Å². The molecular weight excluding hydrogens is 278 g/mol. The molecule has 0 fully saturated rings. The van der Waals surface area contributed by atoms with Gasteiger partial charge in [-0.1, -0.05) is 37.3 Å². The Morgan fingerprint density at radius 2 is 2.14 bits per heavy atom. The van der Waals surface area contributed by atoms with Gasteiger partial charge in [0.05, 0.1) is 5.56 Å². The third-order valence-corrected chi connectivity index (χ3v) is 5.39. The normalized spacial score (nSPS) is 18.2. The molecule has 1 aliphatic heterocycles. The maximum absolute atomic E-state index is 9.30. The molecule has 0 bridgehead atoms. The van der Waals surface area contributed by atoms with E-state index in [4.69, 9.17) is 5.73 Å². The van der Waals surface area contributed by atoms with Crippen LogP contribution in [0.1, 0.15) is 34.4 Å². The molecule has 0 spiro atoms. The zero-order valence-corrected chi connectivity index (χ0v) is 13.0. The van der Waals surface area contributed by atoms with Gasteiger partial charge in [-0.3, -0.25) is 4.90 Å². The average Bonchev–Trinajstić information content (AvgIpc) is 2.82. The number of nitriles is 1. The second-order valence-corrected chi connectivity index (χ2v) is 6.75. The fourth-order valence-corrected chi connectivity index (χ4v) is 4.11. The molecule has 3 rings (SSSR count). The molecule has 0 saturated heterocycles. The summed E-state index contributed by atoms with van der Waals surface area (Å²) in [7, 11) is 0. The van der Waals surface area contributed by atoms with Gasteiger partial charge in [-0.2, -0.15) is 5.26 Å². The molecule has 0 radical (unpaired) electrons. The molecule has 0 saturated carbocycles. The van der Waals surface area contributed by atoms with E-state index in [9.17, 15) is 5.26 Å². The van der Waals surface area contributed by atoms with E-state index < -0.39 is 0 Å². The Kier molecular flexibility index (Phi) is 3.96. The largest absolute Gasteiger partial charge is 0.389 e. The number of nitrogens with two attached hydrogens (primary N) is 1. The highest BCUT2D eigenvalue weighted by Crippen LogP contribution is 2.39. The molecule has 2 heterocycles. The number of nitrogens with zero attached hydrogens (tertiary/aromatic N) is 2. The van der Waals surface area contributed by atoms with Crippen LogP contribution in [0.15, 0.2) is 30.3 Å². The van der Waals surface area contributed by atoms with Crippen molar-refractivity contribution in [3.8, 4) is 6.07 Å². The molecule has 1 aromatic carbocycles. The van der Waals surface area contributed by atoms with Gasteiger partial charge in [0.1, 0.15) is 11.1 Å². The topological polar surface area (TPSA) is 53.0 Å². The van der Waals surface area contributed by atoms with Crippen LogP contribution in [0, 0.1) is 11.3 Å². The molecule has 2 N–H and O–H groups in total. The molecule has 1 atom stereocenters. The Labute approximate surface area is 129 Å². The lowest BCUT2D eigenvalue weighted by Crippen LogP contribution is -2.33. The van der Waals surface area contributed by atoms with Crippen LogP contribution >= 0.6 is 11.3 Å². The summed E-state index contributed by atoms with van der Waals surface area (Å²) < 4.78 is 0. The lowest BCUT2D eigenvalue weighted by atomic mass is 9.97. The summed E-state index contributed by atoms with van der Waals surface area (Å²) in [5.41, 5.74) is 9.20. The zero-order valence-electron chi connectivity index (χ0n) is 12.2. The average molecular weight is 297 g/mol. The van der Waals surface area contributed by atoms with Crippen molar-refractivity contribution in [2.45, 2.75) is 25.8 Å². The van der Waals surface area contributed by atoms with E-state index in [1.807, 2.05) is 6.07 Å². The predicted molar refractivity (Wildman–Crippen MR) is 87.3 cm³/mol. The van der Waals surface area contributed by atoms with E-state index in [1.54, 1.807) is 11.3 Å². The highest BCUT2D eigenvalue weighted by Gasteiger charge is 2.28. The molecule has 21 heavy (non-hydrogen) atoms. The Hall–Kier alpha value is -1.83. The third-order valence-electron chi connectivity index (χ3n) is 4.10. The van der Waals surface area contributed by atoms with Crippen molar-refractivity contribution in [2.75, 3.05) is 18.8 Å². The van der Waals surface area contributed by atoms with Crippen LogP contribution in [0.2, 0.25) is 0 Å². The van der Waals surface area contributed by atoms with Crippen LogP contribution in [-0.4, -0.2) is 18.0 Å². The maximum Gasteiger partial charge on any atom is 0.104 e. The first-order chi connectivity index (χ1) is 10.2. The molecular formula is C17H19N3S. The highest BCUT2D eigenvalue weighted by molar-refractivity contribution is 7.16. The molecule has 4 heteroatoms. The van der Waals surface area contributed by atoms with Crippen LogP contribution in [0.4, 0.5) is 5.00 Å². The Morgan fingerprint density at radius 1 is 1.38 bits per heavy atom. The van der Waals surface area contributed by atoms with Gasteiger partial charge in [-0.15, -0.1) is 11.3 Å². The van der Waals surface area contributed by atoms with Gasteiger partial charge in [0.25, 0.3) is 0 Å². The lowest BCUT2D eigenvalue weighted by molar-refractivity contribution is 0.240. The van der Waals surface area contributed by atoms with Crippen molar-refractivity contribution in [1.29, 1.82) is 5.26 Å². The van der Waals surface area contributed by atoms with Gasteiger partial charge >= 0.3 is 0 Å². The van der Waals surface area contributed by atoms with E-state index >= 15 is 0 Å². The van der Waals surface area contributed by atoms with Crippen LogP contribution < -0.4 is 5.73 Å². The smallest absolute Gasteiger partial charge is 0.104 e. The summed E-state index contributed by atoms with van der Waals surface area (Å²) >= 11 is 1.59. The minimum atomic E-state index is 0.457. The summed E-state index contributed by atoms with van der Waals surface area (Å²) in [6.07, 6.45) is 1.05. The minimum Gasteiger partial charge on any atom is -0.389 e. The number of benzene rings is 1. The number of rotatable bonds is 3. The van der Waals surface area contributed by atoms with Crippen molar-refractivity contribution < 1.29 is 0 Å². The Morgan fingerprint density at radius 3 is 2.86 bits per heavy atom. The second kappa shape index (κ2) is 5.88. The fourth-order valence-electron chi connectivity index (χ4n) is 3.04. The summed E-state index contributed by atoms with van der Waals surface area (Å²) in [4.78, 5) is 3.74. The molecule has 1 aliphatic rings. The number of thiophene rings is 1. The van der Waals surface area contributed by atoms with Crippen molar-refractivity contribution in [2.24, 2.45) is 0 Å². The first kappa shape index (κ1) is 14.1. The second-order valence-electron chi connectivity index (χ2n) is 5.67. The van der Waals surface area contributed by atoms with E-state index in [2.05, 4.69) is 42.2 Å². The van der Waals surface area contributed by atoms with E-state index in [-0.39, 0.29) is 0 Å². The quantitative estimate of drug-likeness (QED) is 0.945. The summed E-state index contributed by atoms with van der Waals surface area (Å²) in [5, 5.41) is 9.98. The van der Waals surface area contributed by atoms with Crippen molar-refractivity contribution in [3.63, 3.8) is 0 Å². The molecule has 0 aliphatic carbocycles. The number of nitrogen functional groups attached to an aromatic ring is 1. The van der Waals surface area contributed by atoms with Crippen molar-refractivity contribution in [3.05, 3.63) is 51.9 Å². The fraction of sp³-hybridized carbons (Fsp3) is 0.353. The van der Waals surface area contributed by atoms with Gasteiger partial charge in [-0.25, -0.2) is 0 Å². The first-order valence-corrected chi connectivity index (χ1v) is 8.08. The summed E-state index contributed by atoms with van der Waals surface area (Å²) in [5.74, 6) is 0.457. The van der Waals surface area contributed by atoms with E-state index in [0.29, 0.717) is 16.5 Å². The summed E-state index contributed by atoms with van der Waals surface area (Å²) in [6.45, 7) is 5.15. The predicted octanol–water partition coefficient (Wildman–Crippen LogP) is 3.36. The zero-order chi connectivity index (χ0) is 14.8. The van der Waals surface area contributed by atoms with Gasteiger partial charge < -0.3 is 5.73 Å². The number of hydrogen-bond acceptors (Lipinski definition) is 4. The number of hydrogen-bond donors (Lipinski definition) is 1. The molecule has 2 aromatic rings. The number of fused-ring (bicyclic) bond motifs is 1. The highest BCUT2D eigenvalue weighted by atomic mass is 32.1. The minimum absolute atomic E-state index is 0.457. The summed E-state index contributed by atoms with van der Waals surface area (Å²) in [6, 6.07) is 12.8. The Balaban J connectivity index is 1.74. The molecule has 0 amide bonds. The third kappa shape index (κ3) is 2.80. The molecule has 1 unspecified atom stereocenters. The van der Waals surface area contributed by atoms with Crippen molar-refractivity contribution in [1.82, 2.24) is 4.90 Å².